The Kier molecular flexibility index (Phi) is 5.30. The minimum Gasteiger partial charge on any atom is -0.348 e. The van der Waals surface area contributed by atoms with E-state index in [1.165, 1.54) is 6.08 Å². The molecule has 2 aromatic carbocycles. The highest BCUT2D eigenvalue weighted by Crippen LogP contribution is 2.17. The summed E-state index contributed by atoms with van der Waals surface area (Å²) in [5, 5.41) is 2.87. The van der Waals surface area contributed by atoms with Crippen LogP contribution in [0.25, 0.3) is 22.9 Å². The molecule has 0 aliphatic heterocycles. The van der Waals surface area contributed by atoms with Gasteiger partial charge in [0.2, 0.25) is 5.91 Å². The molecule has 0 atom stereocenters. The SMILES string of the molecule is O=C(/C=C/c1ccccc1Br)NCc1ccc(-n2cnc3ccccc32)nc1. The fourth-order valence-corrected chi connectivity index (χ4v) is 3.25. The first-order valence-electron chi connectivity index (χ1n) is 8.78. The van der Waals surface area contributed by atoms with Crippen molar-refractivity contribution in [1.82, 2.24) is 19.9 Å². The molecule has 2 heterocycles. The van der Waals surface area contributed by atoms with Gasteiger partial charge in [-0.3, -0.25) is 9.36 Å². The van der Waals surface area contributed by atoms with Crippen LogP contribution in [0.3, 0.4) is 0 Å². The number of nitrogens with zero attached hydrogens (tertiary/aromatic N) is 3. The molecule has 1 amide bonds. The molecule has 4 rings (SSSR count). The zero-order chi connectivity index (χ0) is 19.3. The van der Waals surface area contributed by atoms with Gasteiger partial charge in [0, 0.05) is 23.3 Å². The molecule has 0 saturated carbocycles. The third kappa shape index (κ3) is 4.02. The highest BCUT2D eigenvalue weighted by Gasteiger charge is 2.05. The molecule has 0 unspecified atom stereocenters. The topological polar surface area (TPSA) is 59.8 Å². The van der Waals surface area contributed by atoms with Crippen molar-refractivity contribution in [2.75, 3.05) is 0 Å². The van der Waals surface area contributed by atoms with Gasteiger partial charge in [-0.1, -0.05) is 52.3 Å². The molecule has 5 nitrogen and oxygen atoms in total. The molecule has 0 aliphatic carbocycles. The van der Waals surface area contributed by atoms with Crippen LogP contribution in [0.4, 0.5) is 0 Å². The molecule has 138 valence electrons. The predicted octanol–water partition coefficient (Wildman–Crippen LogP) is 4.51. The van der Waals surface area contributed by atoms with Gasteiger partial charge in [0.25, 0.3) is 0 Å². The molecule has 2 aromatic heterocycles. The van der Waals surface area contributed by atoms with Gasteiger partial charge in [0.15, 0.2) is 0 Å². The van der Waals surface area contributed by atoms with Crippen LogP contribution in [0.5, 0.6) is 0 Å². The van der Waals surface area contributed by atoms with Crippen LogP contribution < -0.4 is 5.32 Å². The van der Waals surface area contributed by atoms with Crippen LogP contribution in [-0.4, -0.2) is 20.4 Å². The van der Waals surface area contributed by atoms with Gasteiger partial charge in [-0.2, -0.15) is 0 Å². The number of amides is 1. The Balaban J connectivity index is 1.40. The Labute approximate surface area is 170 Å². The van der Waals surface area contributed by atoms with Crippen molar-refractivity contribution in [1.29, 1.82) is 0 Å². The minimum absolute atomic E-state index is 0.152. The molecule has 6 heteroatoms. The number of aromatic nitrogens is 3. The van der Waals surface area contributed by atoms with Crippen molar-refractivity contribution in [3.63, 3.8) is 0 Å². The van der Waals surface area contributed by atoms with E-state index in [-0.39, 0.29) is 5.91 Å². The van der Waals surface area contributed by atoms with E-state index in [0.717, 1.165) is 32.5 Å². The monoisotopic (exact) mass is 432 g/mol. The second kappa shape index (κ2) is 8.19. The number of halogens is 1. The lowest BCUT2D eigenvalue weighted by Gasteiger charge is -2.06. The molecule has 28 heavy (non-hydrogen) atoms. The normalized spacial score (nSPS) is 11.2. The number of para-hydroxylation sites is 2. The fraction of sp³-hybridized carbons (Fsp3) is 0.0455. The first-order chi connectivity index (χ1) is 13.7. The van der Waals surface area contributed by atoms with E-state index in [1.807, 2.05) is 65.2 Å². The van der Waals surface area contributed by atoms with Gasteiger partial charge in [-0.25, -0.2) is 9.97 Å². The Hall–Kier alpha value is -3.25. The molecule has 0 bridgehead atoms. The van der Waals surface area contributed by atoms with Crippen molar-refractivity contribution < 1.29 is 4.79 Å². The maximum absolute atomic E-state index is 12.1. The summed E-state index contributed by atoms with van der Waals surface area (Å²) in [7, 11) is 0. The van der Waals surface area contributed by atoms with Crippen molar-refractivity contribution in [2.24, 2.45) is 0 Å². The molecule has 0 radical (unpaired) electrons. The number of fused-ring (bicyclic) bond motifs is 1. The van der Waals surface area contributed by atoms with E-state index in [9.17, 15) is 4.79 Å². The number of carbonyl (C=O) groups excluding carboxylic acids is 1. The second-order valence-corrected chi connectivity index (χ2v) is 7.05. The van der Waals surface area contributed by atoms with Crippen molar-refractivity contribution in [3.05, 3.63) is 94.9 Å². The number of carbonyl (C=O) groups is 1. The van der Waals surface area contributed by atoms with Crippen LogP contribution in [-0.2, 0) is 11.3 Å². The maximum atomic E-state index is 12.1. The smallest absolute Gasteiger partial charge is 0.244 e. The lowest BCUT2D eigenvalue weighted by atomic mass is 10.2. The number of rotatable bonds is 5. The zero-order valence-electron chi connectivity index (χ0n) is 14.9. The van der Waals surface area contributed by atoms with Crippen LogP contribution in [0, 0.1) is 0 Å². The van der Waals surface area contributed by atoms with Gasteiger partial charge < -0.3 is 5.32 Å². The van der Waals surface area contributed by atoms with Crippen LogP contribution in [0.15, 0.2) is 83.7 Å². The Bertz CT molecular complexity index is 1150. The highest BCUT2D eigenvalue weighted by molar-refractivity contribution is 9.10. The Morgan fingerprint density at radius 3 is 2.68 bits per heavy atom. The molecular weight excluding hydrogens is 416 g/mol. The average molecular weight is 433 g/mol. The van der Waals surface area contributed by atoms with Crippen molar-refractivity contribution in [3.8, 4) is 5.82 Å². The number of hydrogen-bond acceptors (Lipinski definition) is 3. The summed E-state index contributed by atoms with van der Waals surface area (Å²) in [4.78, 5) is 20.9. The highest BCUT2D eigenvalue weighted by atomic mass is 79.9. The summed E-state index contributed by atoms with van der Waals surface area (Å²) in [5.41, 5.74) is 3.82. The van der Waals surface area contributed by atoms with E-state index in [1.54, 1.807) is 18.6 Å². The standard InChI is InChI=1S/C22H17BrN4O/c23-18-6-2-1-5-17(18)10-12-22(28)25-14-16-9-11-21(24-13-16)27-15-26-19-7-3-4-8-20(19)27/h1-13,15H,14H2,(H,25,28)/b12-10+. The molecule has 0 aliphatic rings. The summed E-state index contributed by atoms with van der Waals surface area (Å²) >= 11 is 3.46. The molecule has 4 aromatic rings. The molecular formula is C22H17BrN4O. The second-order valence-electron chi connectivity index (χ2n) is 6.20. The van der Waals surface area contributed by atoms with Gasteiger partial charge >= 0.3 is 0 Å². The Morgan fingerprint density at radius 1 is 1.04 bits per heavy atom. The quantitative estimate of drug-likeness (QED) is 0.471. The van der Waals surface area contributed by atoms with Gasteiger partial charge in [0.1, 0.15) is 12.1 Å². The van der Waals surface area contributed by atoms with Crippen LogP contribution >= 0.6 is 15.9 Å². The third-order valence-corrected chi connectivity index (χ3v) is 5.02. The third-order valence-electron chi connectivity index (χ3n) is 4.30. The zero-order valence-corrected chi connectivity index (χ0v) is 16.5. The molecule has 0 fully saturated rings. The molecule has 0 saturated heterocycles. The Morgan fingerprint density at radius 2 is 1.86 bits per heavy atom. The van der Waals surface area contributed by atoms with E-state index in [2.05, 4.69) is 31.2 Å². The van der Waals surface area contributed by atoms with E-state index < -0.39 is 0 Å². The summed E-state index contributed by atoms with van der Waals surface area (Å²) in [6.07, 6.45) is 6.84. The summed E-state index contributed by atoms with van der Waals surface area (Å²) in [6.45, 7) is 0.414. The number of nitrogens with one attached hydrogen (secondary N) is 1. The lowest BCUT2D eigenvalue weighted by Crippen LogP contribution is -2.20. The van der Waals surface area contributed by atoms with Gasteiger partial charge in [-0.05, 0) is 41.5 Å². The van der Waals surface area contributed by atoms with Crippen molar-refractivity contribution >= 4 is 38.9 Å². The predicted molar refractivity (Wildman–Crippen MR) is 114 cm³/mol. The summed E-state index contributed by atoms with van der Waals surface area (Å²) in [5.74, 6) is 0.637. The fourth-order valence-electron chi connectivity index (χ4n) is 2.83. The lowest BCUT2D eigenvalue weighted by molar-refractivity contribution is -0.116. The molecule has 0 spiro atoms. The summed E-state index contributed by atoms with van der Waals surface area (Å²) < 4.78 is 2.89. The largest absolute Gasteiger partial charge is 0.348 e. The van der Waals surface area contributed by atoms with Crippen molar-refractivity contribution in [2.45, 2.75) is 6.54 Å². The average Bonchev–Trinajstić information content (AvgIpc) is 3.16. The number of imidazole rings is 1. The van der Waals surface area contributed by atoms with Crippen LogP contribution in [0.1, 0.15) is 11.1 Å². The van der Waals surface area contributed by atoms with E-state index in [4.69, 9.17) is 0 Å². The maximum Gasteiger partial charge on any atom is 0.244 e. The first kappa shape index (κ1) is 18.1. The number of hydrogen-bond donors (Lipinski definition) is 1. The molecule has 1 N–H and O–H groups in total. The van der Waals surface area contributed by atoms with E-state index in [0.29, 0.717) is 6.54 Å². The minimum atomic E-state index is -0.152. The van der Waals surface area contributed by atoms with Crippen LogP contribution in [0.2, 0.25) is 0 Å². The van der Waals surface area contributed by atoms with Gasteiger partial charge in [0.05, 0.1) is 11.0 Å². The van der Waals surface area contributed by atoms with E-state index >= 15 is 0 Å². The number of pyridine rings is 1. The summed E-state index contributed by atoms with van der Waals surface area (Å²) in [6, 6.07) is 19.5. The van der Waals surface area contributed by atoms with Gasteiger partial charge in [-0.15, -0.1) is 0 Å². The first-order valence-corrected chi connectivity index (χ1v) is 9.58. The number of benzene rings is 2.